The molecule has 0 radical (unpaired) electrons. The Bertz CT molecular complexity index is 383. The van der Waals surface area contributed by atoms with E-state index in [2.05, 4.69) is 35.6 Å². The normalized spacial score (nSPS) is 18.8. The van der Waals surface area contributed by atoms with Crippen LogP contribution in [0.4, 0.5) is 0 Å². The average Bonchev–Trinajstić information content (AvgIpc) is 2.41. The largest absolute Gasteiger partial charge is 0.313 e. The van der Waals surface area contributed by atoms with Crippen molar-refractivity contribution in [1.82, 2.24) is 15.5 Å². The summed E-state index contributed by atoms with van der Waals surface area (Å²) in [4.78, 5) is 0. The van der Waals surface area contributed by atoms with Crippen LogP contribution in [0.1, 0.15) is 62.0 Å². The van der Waals surface area contributed by atoms with Gasteiger partial charge in [0, 0.05) is 6.04 Å². The Labute approximate surface area is 110 Å². The summed E-state index contributed by atoms with van der Waals surface area (Å²) in [6, 6.07) is 2.68. The van der Waals surface area contributed by atoms with Gasteiger partial charge in [0.1, 0.15) is 0 Å². The van der Waals surface area contributed by atoms with E-state index >= 15 is 0 Å². The summed E-state index contributed by atoms with van der Waals surface area (Å²) in [6.07, 6.45) is 7.81. The van der Waals surface area contributed by atoms with Crippen molar-refractivity contribution in [3.63, 3.8) is 0 Å². The lowest BCUT2D eigenvalue weighted by Gasteiger charge is -2.31. The van der Waals surface area contributed by atoms with Gasteiger partial charge in [-0.15, -0.1) is 0 Å². The number of aromatic nitrogens is 2. The number of aryl methyl sites for hydroxylation is 2. The van der Waals surface area contributed by atoms with Gasteiger partial charge in [-0.25, -0.2) is 0 Å². The minimum Gasteiger partial charge on any atom is -0.313 e. The van der Waals surface area contributed by atoms with Crippen molar-refractivity contribution < 1.29 is 0 Å². The highest BCUT2D eigenvalue weighted by Gasteiger charge is 2.26. The molecule has 0 spiro atoms. The molecule has 18 heavy (non-hydrogen) atoms. The van der Waals surface area contributed by atoms with E-state index in [1.54, 1.807) is 0 Å². The summed E-state index contributed by atoms with van der Waals surface area (Å²) < 4.78 is 0. The zero-order valence-corrected chi connectivity index (χ0v) is 11.9. The highest BCUT2D eigenvalue weighted by molar-refractivity contribution is 5.25. The molecule has 1 aliphatic carbocycles. The van der Waals surface area contributed by atoms with Crippen molar-refractivity contribution in [2.24, 2.45) is 5.92 Å². The molecule has 3 nitrogen and oxygen atoms in total. The molecule has 1 N–H and O–H groups in total. The lowest BCUT2D eigenvalue weighted by Crippen LogP contribution is -2.28. The van der Waals surface area contributed by atoms with Crippen LogP contribution in [-0.4, -0.2) is 17.2 Å². The molecule has 0 amide bonds. The van der Waals surface area contributed by atoms with E-state index in [-0.39, 0.29) is 0 Å². The maximum Gasteiger partial charge on any atom is 0.0676 e. The van der Waals surface area contributed by atoms with Crippen LogP contribution in [0.5, 0.6) is 0 Å². The standard InChI is InChI=1S/C15H25N3/c1-4-14-13(10-11(2)17-18-14)15(16-3)12-8-6-5-7-9-12/h10,12,15-16H,4-9H2,1-3H3. The number of hydrogen-bond acceptors (Lipinski definition) is 3. The summed E-state index contributed by atoms with van der Waals surface area (Å²) in [6.45, 7) is 4.19. The average molecular weight is 247 g/mol. The van der Waals surface area contributed by atoms with Crippen molar-refractivity contribution in [3.05, 3.63) is 23.0 Å². The third-order valence-electron chi connectivity index (χ3n) is 4.13. The smallest absolute Gasteiger partial charge is 0.0676 e. The fourth-order valence-electron chi connectivity index (χ4n) is 3.19. The van der Waals surface area contributed by atoms with Crippen LogP contribution in [0.15, 0.2) is 6.07 Å². The lowest BCUT2D eigenvalue weighted by atomic mass is 9.80. The molecule has 1 aliphatic rings. The molecule has 0 bridgehead atoms. The molecule has 1 heterocycles. The Balaban J connectivity index is 2.27. The fourth-order valence-corrected chi connectivity index (χ4v) is 3.19. The van der Waals surface area contributed by atoms with Gasteiger partial charge in [0.2, 0.25) is 0 Å². The minimum absolute atomic E-state index is 0.453. The zero-order chi connectivity index (χ0) is 13.0. The van der Waals surface area contributed by atoms with Gasteiger partial charge in [-0.1, -0.05) is 26.2 Å². The number of rotatable bonds is 4. The summed E-state index contributed by atoms with van der Waals surface area (Å²) in [7, 11) is 2.08. The van der Waals surface area contributed by atoms with E-state index in [0.717, 1.165) is 23.7 Å². The summed E-state index contributed by atoms with van der Waals surface area (Å²) >= 11 is 0. The Morgan fingerprint density at radius 1 is 1.28 bits per heavy atom. The molecule has 2 rings (SSSR count). The van der Waals surface area contributed by atoms with Gasteiger partial charge in [0.25, 0.3) is 0 Å². The highest BCUT2D eigenvalue weighted by Crippen LogP contribution is 2.35. The molecule has 1 saturated carbocycles. The fraction of sp³-hybridized carbons (Fsp3) is 0.733. The molecular formula is C15H25N3. The Morgan fingerprint density at radius 2 is 2.00 bits per heavy atom. The molecular weight excluding hydrogens is 222 g/mol. The van der Waals surface area contributed by atoms with Crippen molar-refractivity contribution in [1.29, 1.82) is 0 Å². The Morgan fingerprint density at radius 3 is 2.61 bits per heavy atom. The maximum atomic E-state index is 4.37. The summed E-state index contributed by atoms with van der Waals surface area (Å²) in [5, 5.41) is 12.1. The molecule has 3 heteroatoms. The lowest BCUT2D eigenvalue weighted by molar-refractivity contribution is 0.280. The van der Waals surface area contributed by atoms with E-state index in [0.29, 0.717) is 6.04 Å². The molecule has 0 aromatic carbocycles. The quantitative estimate of drug-likeness (QED) is 0.888. The third kappa shape index (κ3) is 2.89. The van der Waals surface area contributed by atoms with Gasteiger partial charge in [-0.2, -0.15) is 10.2 Å². The predicted octanol–water partition coefficient (Wildman–Crippen LogP) is 3.19. The molecule has 0 saturated heterocycles. The van der Waals surface area contributed by atoms with Crippen LogP contribution in [0.3, 0.4) is 0 Å². The van der Waals surface area contributed by atoms with E-state index in [4.69, 9.17) is 0 Å². The number of nitrogens with one attached hydrogen (secondary N) is 1. The minimum atomic E-state index is 0.453. The molecule has 1 unspecified atom stereocenters. The van der Waals surface area contributed by atoms with Crippen LogP contribution >= 0.6 is 0 Å². The molecule has 0 aliphatic heterocycles. The van der Waals surface area contributed by atoms with E-state index < -0.39 is 0 Å². The first-order chi connectivity index (χ1) is 8.76. The van der Waals surface area contributed by atoms with Gasteiger partial charge < -0.3 is 5.32 Å². The highest BCUT2D eigenvalue weighted by atomic mass is 15.1. The Kier molecular flexibility index (Phi) is 4.70. The zero-order valence-electron chi connectivity index (χ0n) is 11.9. The van der Waals surface area contributed by atoms with Gasteiger partial charge in [0.05, 0.1) is 11.4 Å². The first-order valence-corrected chi connectivity index (χ1v) is 7.26. The topological polar surface area (TPSA) is 37.8 Å². The molecule has 1 atom stereocenters. The van der Waals surface area contributed by atoms with E-state index in [9.17, 15) is 0 Å². The van der Waals surface area contributed by atoms with Gasteiger partial charge in [-0.3, -0.25) is 0 Å². The molecule has 1 fully saturated rings. The number of hydrogen-bond donors (Lipinski definition) is 1. The first-order valence-electron chi connectivity index (χ1n) is 7.26. The van der Waals surface area contributed by atoms with Gasteiger partial charge >= 0.3 is 0 Å². The van der Waals surface area contributed by atoms with E-state index in [1.807, 2.05) is 6.92 Å². The maximum absolute atomic E-state index is 4.37. The van der Waals surface area contributed by atoms with Crippen LogP contribution < -0.4 is 5.32 Å². The second-order valence-corrected chi connectivity index (χ2v) is 5.41. The first kappa shape index (κ1) is 13.5. The summed E-state index contributed by atoms with van der Waals surface area (Å²) in [5.41, 5.74) is 3.56. The monoisotopic (exact) mass is 247 g/mol. The molecule has 1 aromatic rings. The van der Waals surface area contributed by atoms with Gasteiger partial charge in [0.15, 0.2) is 0 Å². The second kappa shape index (κ2) is 6.28. The predicted molar refractivity (Wildman–Crippen MR) is 74.5 cm³/mol. The third-order valence-corrected chi connectivity index (χ3v) is 4.13. The van der Waals surface area contributed by atoms with Crippen LogP contribution in [0.25, 0.3) is 0 Å². The molecule has 100 valence electrons. The van der Waals surface area contributed by atoms with Crippen molar-refractivity contribution in [2.75, 3.05) is 7.05 Å². The number of nitrogens with zero attached hydrogens (tertiary/aromatic N) is 2. The van der Waals surface area contributed by atoms with E-state index in [1.165, 1.54) is 37.7 Å². The van der Waals surface area contributed by atoms with Crippen LogP contribution in [0.2, 0.25) is 0 Å². The van der Waals surface area contributed by atoms with Gasteiger partial charge in [-0.05, 0) is 50.8 Å². The van der Waals surface area contributed by atoms with Crippen LogP contribution in [-0.2, 0) is 6.42 Å². The van der Waals surface area contributed by atoms with Crippen molar-refractivity contribution in [2.45, 2.75) is 58.4 Å². The SMILES string of the molecule is CCc1nnc(C)cc1C(NC)C1CCCCC1. The molecule has 1 aromatic heterocycles. The van der Waals surface area contributed by atoms with Crippen LogP contribution in [0, 0.1) is 12.8 Å². The second-order valence-electron chi connectivity index (χ2n) is 5.41. The Hall–Kier alpha value is -0.960. The summed E-state index contributed by atoms with van der Waals surface area (Å²) in [5.74, 6) is 0.762. The van der Waals surface area contributed by atoms with Crippen molar-refractivity contribution >= 4 is 0 Å². The van der Waals surface area contributed by atoms with Crippen molar-refractivity contribution in [3.8, 4) is 0 Å².